The Labute approximate surface area is 157 Å². The molecule has 4 rings (SSSR count). The molecule has 1 fully saturated rings. The maximum Gasteiger partial charge on any atom is 0.262 e. The molecule has 1 saturated heterocycles. The van der Waals surface area contributed by atoms with Crippen LogP contribution in [-0.2, 0) is 4.79 Å². The molecule has 3 aliphatic rings. The number of hydrogen-bond acceptors (Lipinski definition) is 7. The first kappa shape index (κ1) is 18.0. The van der Waals surface area contributed by atoms with E-state index in [9.17, 15) is 9.90 Å². The topological polar surface area (TPSA) is 83.1 Å². The normalized spacial score (nSPS) is 27.7. The minimum absolute atomic E-state index is 0.0192. The molecule has 0 saturated carbocycles. The van der Waals surface area contributed by atoms with Crippen LogP contribution >= 0.6 is 11.3 Å². The summed E-state index contributed by atoms with van der Waals surface area (Å²) >= 11 is 1.39. The van der Waals surface area contributed by atoms with Crippen molar-refractivity contribution in [3.05, 3.63) is 5.56 Å². The van der Waals surface area contributed by atoms with Gasteiger partial charge in [0.1, 0.15) is 17.4 Å². The molecule has 1 aromatic rings. The number of ether oxygens (including phenoxy) is 2. The van der Waals surface area contributed by atoms with Gasteiger partial charge in [0.15, 0.2) is 11.7 Å². The molecule has 0 aliphatic carbocycles. The van der Waals surface area contributed by atoms with Crippen molar-refractivity contribution in [3.8, 4) is 10.1 Å². The number of nitrogens with zero attached hydrogens (tertiary/aromatic N) is 1. The van der Waals surface area contributed by atoms with Crippen LogP contribution in [0.5, 0.6) is 10.1 Å². The van der Waals surface area contributed by atoms with Crippen LogP contribution in [0, 0.1) is 0 Å². The predicted molar refractivity (Wildman–Crippen MR) is 100 cm³/mol. The molecule has 26 heavy (non-hydrogen) atoms. The number of carbonyl (C=O) groups excluding carboxylic acids is 1. The van der Waals surface area contributed by atoms with Crippen molar-refractivity contribution in [1.82, 2.24) is 10.2 Å². The zero-order valence-corrected chi connectivity index (χ0v) is 16.2. The fourth-order valence-corrected chi connectivity index (χ4v) is 5.07. The van der Waals surface area contributed by atoms with Crippen molar-refractivity contribution in [2.45, 2.75) is 50.9 Å². The third kappa shape index (κ3) is 3.31. The van der Waals surface area contributed by atoms with Crippen LogP contribution in [0.1, 0.15) is 44.7 Å². The van der Waals surface area contributed by atoms with Gasteiger partial charge in [0.25, 0.3) is 5.91 Å². The standard InChI is InChI=1S/C18H27N3O4S/c1-18(2)15(23)13(19-6-9-21-7-4-3-5-8-21)12-14-17(26-16(12)25-18)24-10-11(22)20-14/h13,15,19,23H,3-10H2,1-2H3,(H,20,22). The monoisotopic (exact) mass is 381 g/mol. The van der Waals surface area contributed by atoms with Crippen LogP contribution < -0.4 is 20.1 Å². The summed E-state index contributed by atoms with van der Waals surface area (Å²) in [6, 6.07) is -0.305. The summed E-state index contributed by atoms with van der Waals surface area (Å²) in [6.07, 6.45) is 3.12. The Balaban J connectivity index is 1.55. The highest BCUT2D eigenvalue weighted by molar-refractivity contribution is 7.16. The number of fused-ring (bicyclic) bond motifs is 3. The number of anilines is 1. The molecule has 8 heteroatoms. The molecule has 144 valence electrons. The van der Waals surface area contributed by atoms with Gasteiger partial charge >= 0.3 is 0 Å². The largest absolute Gasteiger partial charge is 0.475 e. The van der Waals surface area contributed by atoms with Gasteiger partial charge in [-0.1, -0.05) is 17.8 Å². The van der Waals surface area contributed by atoms with E-state index in [0.29, 0.717) is 15.8 Å². The van der Waals surface area contributed by atoms with E-state index in [0.717, 1.165) is 31.7 Å². The molecule has 4 heterocycles. The van der Waals surface area contributed by atoms with Gasteiger partial charge in [0.05, 0.1) is 11.6 Å². The number of hydrogen-bond donors (Lipinski definition) is 3. The Morgan fingerprint density at radius 1 is 1.31 bits per heavy atom. The Hall–Kier alpha value is -1.35. The molecule has 7 nitrogen and oxygen atoms in total. The number of nitrogens with one attached hydrogen (secondary N) is 2. The van der Waals surface area contributed by atoms with E-state index >= 15 is 0 Å². The summed E-state index contributed by atoms with van der Waals surface area (Å²) < 4.78 is 11.6. The van der Waals surface area contributed by atoms with E-state index in [-0.39, 0.29) is 18.6 Å². The van der Waals surface area contributed by atoms with Gasteiger partial charge in [-0.2, -0.15) is 0 Å². The number of likely N-dealkylation sites (tertiary alicyclic amines) is 1. The SMILES string of the molecule is CC1(C)Oc2sc3c(c2C(NCCN2CCCCC2)C1O)NC(=O)CO3. The molecule has 0 aromatic carbocycles. The lowest BCUT2D eigenvalue weighted by Crippen LogP contribution is -2.53. The maximum atomic E-state index is 11.8. The van der Waals surface area contributed by atoms with Crippen LogP contribution in [0.4, 0.5) is 5.69 Å². The van der Waals surface area contributed by atoms with Gasteiger partial charge in [0, 0.05) is 13.1 Å². The lowest BCUT2D eigenvalue weighted by Gasteiger charge is -2.41. The smallest absolute Gasteiger partial charge is 0.262 e. The number of aliphatic hydroxyl groups excluding tert-OH is 1. The molecule has 3 aliphatic heterocycles. The predicted octanol–water partition coefficient (Wildman–Crippen LogP) is 1.73. The van der Waals surface area contributed by atoms with Gasteiger partial charge in [-0.05, 0) is 39.8 Å². The summed E-state index contributed by atoms with van der Waals surface area (Å²) in [5.41, 5.74) is 0.738. The molecule has 1 aromatic heterocycles. The van der Waals surface area contributed by atoms with Crippen LogP contribution in [0.25, 0.3) is 0 Å². The summed E-state index contributed by atoms with van der Waals surface area (Å²) in [4.78, 5) is 14.2. The second-order valence-corrected chi connectivity index (χ2v) is 8.73. The highest BCUT2D eigenvalue weighted by Gasteiger charge is 2.46. The van der Waals surface area contributed by atoms with Gasteiger partial charge in [-0.25, -0.2) is 0 Å². The zero-order chi connectivity index (χ0) is 18.3. The molecular weight excluding hydrogens is 354 g/mol. The Morgan fingerprint density at radius 3 is 2.85 bits per heavy atom. The maximum absolute atomic E-state index is 11.8. The van der Waals surface area contributed by atoms with Crippen molar-refractivity contribution < 1.29 is 19.4 Å². The first-order valence-electron chi connectivity index (χ1n) is 9.38. The second kappa shape index (κ2) is 6.99. The number of carbonyl (C=O) groups is 1. The van der Waals surface area contributed by atoms with E-state index < -0.39 is 11.7 Å². The zero-order valence-electron chi connectivity index (χ0n) is 15.3. The summed E-state index contributed by atoms with van der Waals surface area (Å²) in [5, 5.41) is 18.7. The lowest BCUT2D eigenvalue weighted by atomic mass is 9.88. The second-order valence-electron chi connectivity index (χ2n) is 7.79. The van der Waals surface area contributed by atoms with Gasteiger partial charge in [0.2, 0.25) is 5.06 Å². The number of amides is 1. The van der Waals surface area contributed by atoms with Crippen LogP contribution in [0.3, 0.4) is 0 Å². The Bertz CT molecular complexity index is 684. The third-order valence-electron chi connectivity index (χ3n) is 5.41. The lowest BCUT2D eigenvalue weighted by molar-refractivity contribution is -0.118. The van der Waals surface area contributed by atoms with Crippen molar-refractivity contribution in [1.29, 1.82) is 0 Å². The van der Waals surface area contributed by atoms with E-state index in [1.165, 1.54) is 30.6 Å². The molecule has 0 radical (unpaired) electrons. The molecule has 0 spiro atoms. The first-order valence-corrected chi connectivity index (χ1v) is 10.2. The van der Waals surface area contributed by atoms with Crippen LogP contribution in [0.15, 0.2) is 0 Å². The van der Waals surface area contributed by atoms with E-state index in [1.54, 1.807) is 0 Å². The number of aliphatic hydroxyl groups is 1. The number of thiophene rings is 1. The fourth-order valence-electron chi connectivity index (χ4n) is 3.92. The highest BCUT2D eigenvalue weighted by atomic mass is 32.1. The van der Waals surface area contributed by atoms with E-state index in [4.69, 9.17) is 9.47 Å². The quantitative estimate of drug-likeness (QED) is 0.737. The Morgan fingerprint density at radius 2 is 2.08 bits per heavy atom. The van der Waals surface area contributed by atoms with E-state index in [2.05, 4.69) is 15.5 Å². The Kier molecular flexibility index (Phi) is 4.85. The molecular formula is C18H27N3O4S. The van der Waals surface area contributed by atoms with Crippen molar-refractivity contribution in [2.24, 2.45) is 0 Å². The average molecular weight is 381 g/mol. The minimum atomic E-state index is -0.728. The average Bonchev–Trinajstić information content (AvgIpc) is 2.95. The molecule has 2 unspecified atom stereocenters. The molecule has 2 atom stereocenters. The number of piperidine rings is 1. The van der Waals surface area contributed by atoms with Crippen molar-refractivity contribution in [2.75, 3.05) is 38.1 Å². The molecule has 3 N–H and O–H groups in total. The fraction of sp³-hybridized carbons (Fsp3) is 0.722. The first-order chi connectivity index (χ1) is 12.5. The summed E-state index contributed by atoms with van der Waals surface area (Å²) in [5.74, 6) is -0.176. The van der Waals surface area contributed by atoms with Crippen molar-refractivity contribution in [3.63, 3.8) is 0 Å². The summed E-state index contributed by atoms with van der Waals surface area (Å²) in [6.45, 7) is 7.81. The van der Waals surface area contributed by atoms with Gasteiger partial charge in [-0.15, -0.1) is 0 Å². The van der Waals surface area contributed by atoms with Crippen LogP contribution in [0.2, 0.25) is 0 Å². The number of rotatable bonds is 4. The molecule has 0 bridgehead atoms. The minimum Gasteiger partial charge on any atom is -0.475 e. The van der Waals surface area contributed by atoms with Crippen LogP contribution in [-0.4, -0.2) is 60.4 Å². The highest BCUT2D eigenvalue weighted by Crippen LogP contribution is 2.54. The molecule has 1 amide bonds. The summed E-state index contributed by atoms with van der Waals surface area (Å²) in [7, 11) is 0. The van der Waals surface area contributed by atoms with E-state index in [1.807, 2.05) is 13.8 Å². The van der Waals surface area contributed by atoms with Gasteiger partial charge < -0.3 is 30.1 Å². The van der Waals surface area contributed by atoms with Gasteiger partial charge in [-0.3, -0.25) is 4.79 Å². The van der Waals surface area contributed by atoms with Crippen molar-refractivity contribution >= 4 is 22.9 Å². The third-order valence-corrected chi connectivity index (χ3v) is 6.41.